The summed E-state index contributed by atoms with van der Waals surface area (Å²) in [5.74, 6) is 0.587. The van der Waals surface area contributed by atoms with Crippen LogP contribution in [0.5, 0.6) is 0 Å². The van der Waals surface area contributed by atoms with E-state index in [-0.39, 0.29) is 5.91 Å². The Morgan fingerprint density at radius 3 is 2.84 bits per heavy atom. The average molecular weight is 255 g/mol. The van der Waals surface area contributed by atoms with Crippen LogP contribution in [-0.4, -0.2) is 17.9 Å². The highest BCUT2D eigenvalue weighted by Crippen LogP contribution is 2.07. The molecule has 0 saturated carbocycles. The van der Waals surface area contributed by atoms with Crippen molar-refractivity contribution in [1.82, 2.24) is 10.3 Å². The average Bonchev–Trinajstić information content (AvgIpc) is 2.45. The summed E-state index contributed by atoms with van der Waals surface area (Å²) >= 11 is 0. The molecule has 98 valence electrons. The second kappa shape index (κ2) is 6.00. The zero-order valence-electron chi connectivity index (χ0n) is 11.1. The first kappa shape index (κ1) is 13.1. The number of nitrogens with one attached hydrogen (secondary N) is 2. The minimum absolute atomic E-state index is 0.0968. The van der Waals surface area contributed by atoms with Gasteiger partial charge in [0.25, 0.3) is 5.91 Å². The van der Waals surface area contributed by atoms with Crippen molar-refractivity contribution in [3.8, 4) is 0 Å². The molecule has 0 aliphatic rings. The summed E-state index contributed by atoms with van der Waals surface area (Å²) in [5.41, 5.74) is 2.89. The lowest BCUT2D eigenvalue weighted by molar-refractivity contribution is 0.0951. The quantitative estimate of drug-likeness (QED) is 0.881. The van der Waals surface area contributed by atoms with E-state index < -0.39 is 0 Å². The summed E-state index contributed by atoms with van der Waals surface area (Å²) < 4.78 is 0. The second-order valence-electron chi connectivity index (χ2n) is 4.35. The van der Waals surface area contributed by atoms with Crippen LogP contribution in [0.2, 0.25) is 0 Å². The molecule has 19 heavy (non-hydrogen) atoms. The highest BCUT2D eigenvalue weighted by Gasteiger charge is 2.06. The van der Waals surface area contributed by atoms with E-state index in [0.717, 1.165) is 5.56 Å². The molecule has 0 aliphatic heterocycles. The van der Waals surface area contributed by atoms with Crippen molar-refractivity contribution in [3.63, 3.8) is 0 Å². The third-order valence-electron chi connectivity index (χ3n) is 2.81. The number of amides is 1. The van der Waals surface area contributed by atoms with Crippen molar-refractivity contribution in [2.45, 2.75) is 13.5 Å². The molecule has 0 radical (unpaired) electrons. The Labute approximate surface area is 112 Å². The predicted molar refractivity (Wildman–Crippen MR) is 76.1 cm³/mol. The zero-order chi connectivity index (χ0) is 13.7. The molecule has 0 unspecified atom stereocenters. The molecule has 0 aliphatic carbocycles. The number of carbonyl (C=O) groups is 1. The highest BCUT2D eigenvalue weighted by molar-refractivity contribution is 5.94. The van der Waals surface area contributed by atoms with Gasteiger partial charge in [-0.3, -0.25) is 4.79 Å². The van der Waals surface area contributed by atoms with Crippen LogP contribution < -0.4 is 10.6 Å². The van der Waals surface area contributed by atoms with E-state index in [0.29, 0.717) is 17.9 Å². The number of pyridine rings is 1. The third kappa shape index (κ3) is 3.55. The summed E-state index contributed by atoms with van der Waals surface area (Å²) in [6, 6.07) is 11.5. The van der Waals surface area contributed by atoms with Gasteiger partial charge in [0.2, 0.25) is 0 Å². The van der Waals surface area contributed by atoms with E-state index in [1.54, 1.807) is 25.4 Å². The van der Waals surface area contributed by atoms with E-state index in [1.165, 1.54) is 5.56 Å². The van der Waals surface area contributed by atoms with Crippen molar-refractivity contribution in [2.24, 2.45) is 0 Å². The lowest BCUT2D eigenvalue weighted by atomic mass is 10.1. The van der Waals surface area contributed by atoms with Crippen LogP contribution in [0.4, 0.5) is 5.82 Å². The first-order valence-electron chi connectivity index (χ1n) is 6.16. The van der Waals surface area contributed by atoms with Crippen molar-refractivity contribution in [3.05, 3.63) is 59.3 Å². The standard InChI is InChI=1S/C15H17N3O/c1-11-4-3-5-12(8-11)10-18-15(19)13-6-7-17-14(9-13)16-2/h3-9H,10H2,1-2H3,(H,16,17)(H,18,19). The van der Waals surface area contributed by atoms with Crippen LogP contribution in [0.15, 0.2) is 42.6 Å². The van der Waals surface area contributed by atoms with Gasteiger partial charge in [-0.05, 0) is 24.6 Å². The minimum Gasteiger partial charge on any atom is -0.373 e. The van der Waals surface area contributed by atoms with Crippen LogP contribution in [0, 0.1) is 6.92 Å². The lowest BCUT2D eigenvalue weighted by Crippen LogP contribution is -2.22. The number of rotatable bonds is 4. The molecule has 1 aromatic heterocycles. The predicted octanol–water partition coefficient (Wildman–Crippen LogP) is 2.36. The number of hydrogen-bond acceptors (Lipinski definition) is 3. The summed E-state index contributed by atoms with van der Waals surface area (Å²) in [4.78, 5) is 16.1. The molecule has 0 spiro atoms. The normalized spacial score (nSPS) is 10.0. The van der Waals surface area contributed by atoms with Gasteiger partial charge >= 0.3 is 0 Å². The molecule has 0 bridgehead atoms. The zero-order valence-corrected chi connectivity index (χ0v) is 11.1. The Kier molecular flexibility index (Phi) is 4.13. The van der Waals surface area contributed by atoms with Gasteiger partial charge < -0.3 is 10.6 Å². The van der Waals surface area contributed by atoms with Crippen LogP contribution in [-0.2, 0) is 6.54 Å². The number of aromatic nitrogens is 1. The van der Waals surface area contributed by atoms with Gasteiger partial charge in [-0.25, -0.2) is 4.98 Å². The first-order chi connectivity index (χ1) is 9.19. The fourth-order valence-corrected chi connectivity index (χ4v) is 1.82. The van der Waals surface area contributed by atoms with Gasteiger partial charge in [-0.2, -0.15) is 0 Å². The summed E-state index contributed by atoms with van der Waals surface area (Å²) in [7, 11) is 1.77. The maximum atomic E-state index is 12.0. The smallest absolute Gasteiger partial charge is 0.251 e. The van der Waals surface area contributed by atoms with Gasteiger partial charge in [0.05, 0.1) is 0 Å². The lowest BCUT2D eigenvalue weighted by Gasteiger charge is -2.07. The molecule has 0 fully saturated rings. The number of benzene rings is 1. The number of hydrogen-bond donors (Lipinski definition) is 2. The Bertz CT molecular complexity index is 581. The highest BCUT2D eigenvalue weighted by atomic mass is 16.1. The van der Waals surface area contributed by atoms with E-state index in [4.69, 9.17) is 0 Å². The summed E-state index contributed by atoms with van der Waals surface area (Å²) in [6.07, 6.45) is 1.62. The van der Waals surface area contributed by atoms with Crippen molar-refractivity contribution in [2.75, 3.05) is 12.4 Å². The molecule has 4 nitrogen and oxygen atoms in total. The number of anilines is 1. The van der Waals surface area contributed by atoms with Crippen LogP contribution in [0.3, 0.4) is 0 Å². The molecule has 1 heterocycles. The van der Waals surface area contributed by atoms with Gasteiger partial charge in [0.15, 0.2) is 0 Å². The van der Waals surface area contributed by atoms with Crippen molar-refractivity contribution in [1.29, 1.82) is 0 Å². The molecule has 4 heteroatoms. The third-order valence-corrected chi connectivity index (χ3v) is 2.81. The minimum atomic E-state index is -0.0968. The largest absolute Gasteiger partial charge is 0.373 e. The van der Waals surface area contributed by atoms with Crippen LogP contribution in [0.25, 0.3) is 0 Å². The molecule has 1 aromatic carbocycles. The second-order valence-corrected chi connectivity index (χ2v) is 4.35. The Balaban J connectivity index is 2.01. The maximum Gasteiger partial charge on any atom is 0.251 e. The molecular weight excluding hydrogens is 238 g/mol. The number of aryl methyl sites for hydroxylation is 1. The molecular formula is C15H17N3O. The van der Waals surface area contributed by atoms with E-state index in [9.17, 15) is 4.79 Å². The van der Waals surface area contributed by atoms with Gasteiger partial charge in [-0.15, -0.1) is 0 Å². The Morgan fingerprint density at radius 1 is 1.26 bits per heavy atom. The summed E-state index contributed by atoms with van der Waals surface area (Å²) in [5, 5.41) is 5.81. The molecule has 2 N–H and O–H groups in total. The summed E-state index contributed by atoms with van der Waals surface area (Å²) in [6.45, 7) is 2.56. The Hall–Kier alpha value is -2.36. The van der Waals surface area contributed by atoms with Gasteiger partial charge in [0, 0.05) is 25.4 Å². The fraction of sp³-hybridized carbons (Fsp3) is 0.200. The van der Waals surface area contributed by atoms with E-state index in [2.05, 4.69) is 21.7 Å². The molecule has 0 saturated heterocycles. The van der Waals surface area contributed by atoms with E-state index >= 15 is 0 Å². The Morgan fingerprint density at radius 2 is 2.11 bits per heavy atom. The number of carbonyl (C=O) groups excluding carboxylic acids is 1. The van der Waals surface area contributed by atoms with Crippen LogP contribution >= 0.6 is 0 Å². The monoisotopic (exact) mass is 255 g/mol. The molecule has 1 amide bonds. The van der Waals surface area contributed by atoms with Gasteiger partial charge in [-0.1, -0.05) is 29.8 Å². The molecule has 2 aromatic rings. The molecule has 2 rings (SSSR count). The molecule has 0 atom stereocenters. The van der Waals surface area contributed by atoms with Crippen molar-refractivity contribution < 1.29 is 4.79 Å². The maximum absolute atomic E-state index is 12.0. The topological polar surface area (TPSA) is 54.0 Å². The van der Waals surface area contributed by atoms with Gasteiger partial charge in [0.1, 0.15) is 5.82 Å². The SMILES string of the molecule is CNc1cc(C(=O)NCc2cccc(C)c2)ccn1. The first-order valence-corrected chi connectivity index (χ1v) is 6.16. The fourth-order valence-electron chi connectivity index (χ4n) is 1.82. The van der Waals surface area contributed by atoms with E-state index in [1.807, 2.05) is 25.1 Å². The van der Waals surface area contributed by atoms with Crippen LogP contribution in [0.1, 0.15) is 21.5 Å². The number of nitrogens with zero attached hydrogens (tertiary/aromatic N) is 1. The van der Waals surface area contributed by atoms with Crippen molar-refractivity contribution >= 4 is 11.7 Å².